The van der Waals surface area contributed by atoms with Crippen LogP contribution in [0, 0.1) is 19.8 Å². The van der Waals surface area contributed by atoms with E-state index in [1.54, 1.807) is 0 Å². The van der Waals surface area contributed by atoms with E-state index in [-0.39, 0.29) is 0 Å². The van der Waals surface area contributed by atoms with E-state index in [0.717, 1.165) is 30.0 Å². The van der Waals surface area contributed by atoms with Gasteiger partial charge in [0.25, 0.3) is 0 Å². The second-order valence-corrected chi connectivity index (χ2v) is 10.1. The van der Waals surface area contributed by atoms with Crippen molar-refractivity contribution in [3.63, 3.8) is 0 Å². The average molecular weight is 481 g/mol. The molecule has 0 saturated heterocycles. The molecular weight excluding hydrogens is 436 g/mol. The molecule has 2 aromatic carbocycles. The lowest BCUT2D eigenvalue weighted by atomic mass is 9.90. The second kappa shape index (κ2) is 13.2. The maximum absolute atomic E-state index is 4.50. The van der Waals surface area contributed by atoms with Gasteiger partial charge in [0.2, 0.25) is 0 Å². The maximum atomic E-state index is 4.50. The third kappa shape index (κ3) is 7.13. The third-order valence-electron chi connectivity index (χ3n) is 7.23. The highest BCUT2D eigenvalue weighted by atomic mass is 14.9. The minimum absolute atomic E-state index is 0.747. The molecule has 0 radical (unpaired) electrons. The number of nitrogens with zero attached hydrogens (tertiary/aromatic N) is 1. The zero-order valence-corrected chi connectivity index (χ0v) is 23.0. The van der Waals surface area contributed by atoms with Crippen LogP contribution in [0.25, 0.3) is 11.6 Å². The summed E-state index contributed by atoms with van der Waals surface area (Å²) >= 11 is 0. The lowest BCUT2D eigenvalue weighted by Gasteiger charge is -2.18. The number of nitrogens with one attached hydrogen (secondary N) is 1. The first-order chi connectivity index (χ1) is 17.4. The fourth-order valence-corrected chi connectivity index (χ4v) is 4.92. The van der Waals surface area contributed by atoms with E-state index < -0.39 is 0 Å². The summed E-state index contributed by atoms with van der Waals surface area (Å²) in [6.07, 6.45) is 12.2. The molecule has 0 aliphatic heterocycles. The van der Waals surface area contributed by atoms with E-state index in [4.69, 9.17) is 0 Å². The van der Waals surface area contributed by atoms with Crippen LogP contribution in [0.1, 0.15) is 73.0 Å². The van der Waals surface area contributed by atoms with Crippen molar-refractivity contribution in [2.24, 2.45) is 13.0 Å². The van der Waals surface area contributed by atoms with Crippen LogP contribution >= 0.6 is 0 Å². The van der Waals surface area contributed by atoms with Gasteiger partial charge in [0.15, 0.2) is 0 Å². The first kappa shape index (κ1) is 27.3. The molecule has 0 aliphatic rings. The van der Waals surface area contributed by atoms with Gasteiger partial charge in [0.1, 0.15) is 0 Å². The third-order valence-corrected chi connectivity index (χ3v) is 7.23. The zero-order chi connectivity index (χ0) is 26.1. The van der Waals surface area contributed by atoms with Crippen LogP contribution in [0.3, 0.4) is 0 Å². The van der Waals surface area contributed by atoms with E-state index in [2.05, 4.69) is 119 Å². The highest BCUT2D eigenvalue weighted by molar-refractivity contribution is 5.81. The average Bonchev–Trinajstić information content (AvgIpc) is 3.19. The molecule has 1 heterocycles. The number of benzene rings is 2. The van der Waals surface area contributed by atoms with Gasteiger partial charge in [0, 0.05) is 31.2 Å². The summed E-state index contributed by atoms with van der Waals surface area (Å²) in [6.45, 7) is 18.5. The second-order valence-electron chi connectivity index (χ2n) is 10.1. The Morgan fingerprint density at radius 3 is 2.28 bits per heavy atom. The minimum Gasteiger partial charge on any atom is -0.385 e. The van der Waals surface area contributed by atoms with E-state index >= 15 is 0 Å². The number of aryl methyl sites for hydroxylation is 2. The van der Waals surface area contributed by atoms with Gasteiger partial charge in [0.05, 0.1) is 0 Å². The molecule has 0 amide bonds. The van der Waals surface area contributed by atoms with Crippen molar-refractivity contribution in [2.75, 3.05) is 11.9 Å². The topological polar surface area (TPSA) is 17.0 Å². The van der Waals surface area contributed by atoms with Crippen molar-refractivity contribution >= 4 is 17.3 Å². The number of hydrogen-bond acceptors (Lipinski definition) is 1. The van der Waals surface area contributed by atoms with Crippen molar-refractivity contribution in [3.8, 4) is 0 Å². The van der Waals surface area contributed by atoms with Gasteiger partial charge < -0.3 is 9.88 Å². The van der Waals surface area contributed by atoms with E-state index in [1.165, 1.54) is 64.9 Å². The molecule has 3 rings (SSSR count). The highest BCUT2D eigenvalue weighted by Crippen LogP contribution is 2.29. The Balaban J connectivity index is 1.79. The van der Waals surface area contributed by atoms with Crippen molar-refractivity contribution in [2.45, 2.75) is 59.8 Å². The summed E-state index contributed by atoms with van der Waals surface area (Å²) < 4.78 is 2.15. The Bertz CT molecular complexity index is 1180. The molecule has 0 spiro atoms. The molecule has 0 aliphatic carbocycles. The molecule has 1 N–H and O–H groups in total. The van der Waals surface area contributed by atoms with Crippen molar-refractivity contribution in [1.82, 2.24) is 4.57 Å². The first-order valence-corrected chi connectivity index (χ1v) is 13.4. The predicted molar refractivity (Wildman–Crippen MR) is 160 cm³/mol. The van der Waals surface area contributed by atoms with Gasteiger partial charge in [-0.3, -0.25) is 0 Å². The first-order valence-electron chi connectivity index (χ1n) is 13.4. The summed E-state index contributed by atoms with van der Waals surface area (Å²) in [6, 6.07) is 17.6. The fourth-order valence-electron chi connectivity index (χ4n) is 4.92. The van der Waals surface area contributed by atoms with Crippen LogP contribution in [-0.4, -0.2) is 11.1 Å². The number of allylic oxidation sites excluding steroid dienone is 2. The normalized spacial score (nSPS) is 11.7. The predicted octanol–water partition coefficient (Wildman–Crippen LogP) is 9.14. The Morgan fingerprint density at radius 1 is 1.00 bits per heavy atom. The van der Waals surface area contributed by atoms with Crippen molar-refractivity contribution < 1.29 is 0 Å². The molecule has 0 unspecified atom stereocenters. The number of anilines is 1. The quantitative estimate of drug-likeness (QED) is 0.241. The number of rotatable bonds is 13. The summed E-state index contributed by atoms with van der Waals surface area (Å²) in [7, 11) is 2.08. The standard InChI is InChI=1S/C34H44N2/c1-8-11-29(12-9-2)24-35-33-16-14-30(15-17-33)26(5)34-18-13-25(4)21-32(34)23-28(10-3)22-31-19-20-36(7)27(31)6/h10,13-22,29,35H,3,5,8-9,11-12,23-24H2,1-2,4,6-7H3/b28-22+. The Labute approximate surface area is 219 Å². The van der Waals surface area contributed by atoms with E-state index in [9.17, 15) is 0 Å². The molecule has 36 heavy (non-hydrogen) atoms. The Morgan fingerprint density at radius 2 is 1.69 bits per heavy atom. The van der Waals surface area contributed by atoms with Crippen LogP contribution < -0.4 is 5.32 Å². The van der Waals surface area contributed by atoms with Gasteiger partial charge in [-0.25, -0.2) is 0 Å². The van der Waals surface area contributed by atoms with E-state index in [1.807, 2.05) is 6.08 Å². The lowest BCUT2D eigenvalue weighted by Crippen LogP contribution is -2.14. The SMILES string of the molecule is C=C/C(=C\c1ccn(C)c1C)Cc1cc(C)ccc1C(=C)c1ccc(NCC(CCC)CCC)cc1. The van der Waals surface area contributed by atoms with Gasteiger partial charge in [-0.15, -0.1) is 0 Å². The largest absolute Gasteiger partial charge is 0.385 e. The van der Waals surface area contributed by atoms with Crippen LogP contribution in [0.15, 0.2) is 79.5 Å². The summed E-state index contributed by atoms with van der Waals surface area (Å²) in [5.41, 5.74) is 10.8. The fraction of sp³-hybridized carbons (Fsp3) is 0.353. The molecular formula is C34H44N2. The summed E-state index contributed by atoms with van der Waals surface area (Å²) in [5, 5.41) is 3.65. The van der Waals surface area contributed by atoms with Crippen LogP contribution in [0.5, 0.6) is 0 Å². The van der Waals surface area contributed by atoms with Gasteiger partial charge in [-0.2, -0.15) is 0 Å². The molecule has 3 aromatic rings. The molecule has 0 saturated carbocycles. The highest BCUT2D eigenvalue weighted by Gasteiger charge is 2.12. The minimum atomic E-state index is 0.747. The smallest absolute Gasteiger partial charge is 0.0340 e. The van der Waals surface area contributed by atoms with Gasteiger partial charge in [-0.1, -0.05) is 81.8 Å². The molecule has 190 valence electrons. The summed E-state index contributed by atoms with van der Waals surface area (Å²) in [4.78, 5) is 0. The van der Waals surface area contributed by atoms with E-state index in [0.29, 0.717) is 0 Å². The zero-order valence-electron chi connectivity index (χ0n) is 23.0. The number of hydrogen-bond donors (Lipinski definition) is 1. The molecule has 1 aromatic heterocycles. The van der Waals surface area contributed by atoms with Crippen LogP contribution in [0.4, 0.5) is 5.69 Å². The number of aromatic nitrogens is 1. The molecule has 0 fully saturated rings. The van der Waals surface area contributed by atoms with Crippen molar-refractivity contribution in [1.29, 1.82) is 0 Å². The molecule has 0 bridgehead atoms. The van der Waals surface area contributed by atoms with Crippen LogP contribution in [-0.2, 0) is 13.5 Å². The Hall–Kier alpha value is -3.26. The van der Waals surface area contributed by atoms with Gasteiger partial charge in [-0.05, 0) is 96.7 Å². The molecule has 2 nitrogen and oxygen atoms in total. The van der Waals surface area contributed by atoms with Gasteiger partial charge >= 0.3 is 0 Å². The van der Waals surface area contributed by atoms with Crippen LogP contribution in [0.2, 0.25) is 0 Å². The molecule has 0 atom stereocenters. The van der Waals surface area contributed by atoms with Crippen molar-refractivity contribution in [3.05, 3.63) is 113 Å². The Kier molecular flexibility index (Phi) is 9.99. The maximum Gasteiger partial charge on any atom is 0.0340 e. The summed E-state index contributed by atoms with van der Waals surface area (Å²) in [5.74, 6) is 0.747. The lowest BCUT2D eigenvalue weighted by molar-refractivity contribution is 0.461. The molecule has 2 heteroatoms. The monoisotopic (exact) mass is 480 g/mol.